The molecule has 2 aliphatic heterocycles. The third-order valence-electron chi connectivity index (χ3n) is 5.05. The van der Waals surface area contributed by atoms with Crippen molar-refractivity contribution in [3.05, 3.63) is 21.9 Å². The Hall–Kier alpha value is -0.920. The zero-order chi connectivity index (χ0) is 18.2. The van der Waals surface area contributed by atoms with Crippen LogP contribution in [0.3, 0.4) is 0 Å². The number of fused-ring (bicyclic) bond motifs is 1. The van der Waals surface area contributed by atoms with Crippen molar-refractivity contribution in [3.8, 4) is 0 Å². The number of aryl methyl sites for hydroxylation is 1. The molecule has 0 aliphatic carbocycles. The number of amides is 1. The normalized spacial score (nSPS) is 26.2. The highest BCUT2D eigenvalue weighted by Gasteiger charge is 2.48. The van der Waals surface area contributed by atoms with E-state index < -0.39 is 9.84 Å². The van der Waals surface area contributed by atoms with Gasteiger partial charge in [-0.25, -0.2) is 8.42 Å². The number of rotatable bonds is 5. The van der Waals surface area contributed by atoms with Gasteiger partial charge in [0.15, 0.2) is 9.84 Å². The molecule has 2 atom stereocenters. The first kappa shape index (κ1) is 18.9. The van der Waals surface area contributed by atoms with E-state index in [9.17, 15) is 13.2 Å². The van der Waals surface area contributed by atoms with Crippen LogP contribution >= 0.6 is 11.3 Å². The average Bonchev–Trinajstić information content (AvgIpc) is 3.10. The zero-order valence-electron chi connectivity index (χ0n) is 15.3. The zero-order valence-corrected chi connectivity index (χ0v) is 16.9. The SMILES string of the molecule is CCCc1cc(C(=O)N2CCN(CC(C)C)[C@@H]3CS(=O)(=O)C[C@@H]32)cs1. The standard InChI is InChI=1S/C18H28N2O3S2/c1-4-5-15-8-14(10-24-15)18(21)20-7-6-19(9-13(2)3)16-11-25(22,23)12-17(16)20/h8,10,13,16-17H,4-7,9,11-12H2,1-3H3/t16-,17+/m1/s1. The maximum Gasteiger partial charge on any atom is 0.255 e. The first-order chi connectivity index (χ1) is 11.8. The minimum absolute atomic E-state index is 0.00472. The molecule has 7 heteroatoms. The Morgan fingerprint density at radius 1 is 1.28 bits per heavy atom. The summed E-state index contributed by atoms with van der Waals surface area (Å²) in [6.45, 7) is 8.68. The van der Waals surface area contributed by atoms with Gasteiger partial charge in [0.1, 0.15) is 0 Å². The summed E-state index contributed by atoms with van der Waals surface area (Å²) in [6.07, 6.45) is 2.05. The van der Waals surface area contributed by atoms with Gasteiger partial charge < -0.3 is 4.90 Å². The lowest BCUT2D eigenvalue weighted by atomic mass is 10.0. The molecule has 2 aliphatic rings. The first-order valence-electron chi connectivity index (χ1n) is 9.13. The number of nitrogens with zero attached hydrogens (tertiary/aromatic N) is 2. The van der Waals surface area contributed by atoms with Crippen LogP contribution in [0.15, 0.2) is 11.4 Å². The minimum atomic E-state index is -3.08. The van der Waals surface area contributed by atoms with Gasteiger partial charge in [0.2, 0.25) is 0 Å². The molecule has 1 aromatic rings. The van der Waals surface area contributed by atoms with Crippen LogP contribution < -0.4 is 0 Å². The summed E-state index contributed by atoms with van der Waals surface area (Å²) < 4.78 is 24.5. The maximum atomic E-state index is 13.0. The van der Waals surface area contributed by atoms with E-state index in [4.69, 9.17) is 0 Å². The Bertz CT molecular complexity index is 726. The molecule has 0 bridgehead atoms. The fraction of sp³-hybridized carbons (Fsp3) is 0.722. The smallest absolute Gasteiger partial charge is 0.255 e. The molecular weight excluding hydrogens is 356 g/mol. The molecule has 3 heterocycles. The van der Waals surface area contributed by atoms with Crippen molar-refractivity contribution < 1.29 is 13.2 Å². The van der Waals surface area contributed by atoms with E-state index in [2.05, 4.69) is 25.7 Å². The second-order valence-corrected chi connectivity index (χ2v) is 10.8. The summed E-state index contributed by atoms with van der Waals surface area (Å²) in [6, 6.07) is 1.72. The van der Waals surface area contributed by atoms with Crippen molar-refractivity contribution in [2.45, 2.75) is 45.7 Å². The van der Waals surface area contributed by atoms with Gasteiger partial charge in [-0.3, -0.25) is 9.69 Å². The first-order valence-corrected chi connectivity index (χ1v) is 11.8. The predicted molar refractivity (Wildman–Crippen MR) is 102 cm³/mol. The topological polar surface area (TPSA) is 57.7 Å². The maximum absolute atomic E-state index is 13.0. The molecule has 0 radical (unpaired) electrons. The van der Waals surface area contributed by atoms with Crippen molar-refractivity contribution in [2.24, 2.45) is 5.92 Å². The summed E-state index contributed by atoms with van der Waals surface area (Å²) in [4.78, 5) is 18.3. The number of hydrogen-bond acceptors (Lipinski definition) is 5. The van der Waals surface area contributed by atoms with Crippen molar-refractivity contribution in [1.29, 1.82) is 0 Å². The summed E-state index contributed by atoms with van der Waals surface area (Å²) in [7, 11) is -3.08. The highest BCUT2D eigenvalue weighted by Crippen LogP contribution is 2.29. The lowest BCUT2D eigenvalue weighted by molar-refractivity contribution is 0.0297. The molecule has 2 fully saturated rings. The number of carbonyl (C=O) groups excluding carboxylic acids is 1. The monoisotopic (exact) mass is 384 g/mol. The summed E-state index contributed by atoms with van der Waals surface area (Å²) in [5.41, 5.74) is 0.716. The van der Waals surface area contributed by atoms with Gasteiger partial charge in [-0.05, 0) is 18.4 Å². The molecule has 0 unspecified atom stereocenters. The average molecular weight is 385 g/mol. The Kier molecular flexibility index (Phi) is 5.56. The summed E-state index contributed by atoms with van der Waals surface area (Å²) >= 11 is 1.62. The number of thiophene rings is 1. The minimum Gasteiger partial charge on any atom is -0.332 e. The molecule has 5 nitrogen and oxygen atoms in total. The van der Waals surface area contributed by atoms with Gasteiger partial charge in [0.05, 0.1) is 23.1 Å². The van der Waals surface area contributed by atoms with Crippen molar-refractivity contribution >= 4 is 27.1 Å². The van der Waals surface area contributed by atoms with E-state index in [0.29, 0.717) is 18.0 Å². The van der Waals surface area contributed by atoms with Gasteiger partial charge in [-0.1, -0.05) is 27.2 Å². The fourth-order valence-corrected chi connectivity index (χ4v) is 6.98. The molecule has 0 saturated carbocycles. The van der Waals surface area contributed by atoms with Crippen LogP contribution in [0, 0.1) is 5.92 Å². The van der Waals surface area contributed by atoms with Crippen LogP contribution in [-0.2, 0) is 16.3 Å². The van der Waals surface area contributed by atoms with E-state index in [-0.39, 0.29) is 29.5 Å². The molecule has 2 saturated heterocycles. The Balaban J connectivity index is 1.81. The van der Waals surface area contributed by atoms with E-state index in [1.54, 1.807) is 11.3 Å². The fourth-order valence-electron chi connectivity index (χ4n) is 4.01. The highest BCUT2D eigenvalue weighted by molar-refractivity contribution is 7.91. The van der Waals surface area contributed by atoms with E-state index in [1.165, 1.54) is 4.88 Å². The van der Waals surface area contributed by atoms with E-state index >= 15 is 0 Å². The second kappa shape index (κ2) is 7.37. The second-order valence-electron chi connectivity index (χ2n) is 7.65. The Morgan fingerprint density at radius 3 is 2.68 bits per heavy atom. The number of piperazine rings is 1. The molecule has 1 aromatic heterocycles. The van der Waals surface area contributed by atoms with Crippen LogP contribution in [0.2, 0.25) is 0 Å². The lowest BCUT2D eigenvalue weighted by Gasteiger charge is -2.44. The molecule has 0 aromatic carbocycles. The van der Waals surface area contributed by atoms with Crippen LogP contribution in [0.25, 0.3) is 0 Å². The van der Waals surface area contributed by atoms with Gasteiger partial charge >= 0.3 is 0 Å². The quantitative estimate of drug-likeness (QED) is 0.781. The molecular formula is C18H28N2O3S2. The predicted octanol–water partition coefficient (Wildman–Crippen LogP) is 2.28. The van der Waals surface area contributed by atoms with Gasteiger partial charge in [-0.2, -0.15) is 0 Å². The van der Waals surface area contributed by atoms with Crippen LogP contribution in [0.4, 0.5) is 0 Å². The van der Waals surface area contributed by atoms with Crippen molar-refractivity contribution in [3.63, 3.8) is 0 Å². The molecule has 3 rings (SSSR count). The largest absolute Gasteiger partial charge is 0.332 e. The van der Waals surface area contributed by atoms with Crippen LogP contribution in [-0.4, -0.2) is 67.3 Å². The number of carbonyl (C=O) groups is 1. The Morgan fingerprint density at radius 2 is 2.00 bits per heavy atom. The van der Waals surface area contributed by atoms with Crippen molar-refractivity contribution in [1.82, 2.24) is 9.80 Å². The van der Waals surface area contributed by atoms with E-state index in [1.807, 2.05) is 16.3 Å². The van der Waals surface area contributed by atoms with Gasteiger partial charge in [0, 0.05) is 35.9 Å². The molecule has 1 amide bonds. The van der Waals surface area contributed by atoms with E-state index in [0.717, 1.165) is 25.9 Å². The van der Waals surface area contributed by atoms with Gasteiger partial charge in [-0.15, -0.1) is 11.3 Å². The molecule has 140 valence electrons. The molecule has 0 spiro atoms. The third kappa shape index (κ3) is 4.09. The summed E-state index contributed by atoms with van der Waals surface area (Å²) in [5, 5.41) is 1.92. The lowest BCUT2D eigenvalue weighted by Crippen LogP contribution is -2.61. The number of sulfone groups is 1. The molecule has 25 heavy (non-hydrogen) atoms. The van der Waals surface area contributed by atoms with Crippen LogP contribution in [0.5, 0.6) is 0 Å². The highest BCUT2D eigenvalue weighted by atomic mass is 32.2. The number of hydrogen-bond donors (Lipinski definition) is 0. The van der Waals surface area contributed by atoms with Crippen molar-refractivity contribution in [2.75, 3.05) is 31.1 Å². The van der Waals surface area contributed by atoms with Gasteiger partial charge in [0.25, 0.3) is 5.91 Å². The molecule has 0 N–H and O–H groups in total. The summed E-state index contributed by atoms with van der Waals surface area (Å²) in [5.74, 6) is 0.762. The third-order valence-corrected chi connectivity index (χ3v) is 7.74. The Labute approximate surface area is 154 Å². The van der Waals surface area contributed by atoms with Crippen LogP contribution in [0.1, 0.15) is 42.4 Å².